The van der Waals surface area contributed by atoms with Gasteiger partial charge in [0.05, 0.1) is 6.54 Å². The van der Waals surface area contributed by atoms with E-state index in [1.807, 2.05) is 0 Å². The third-order valence-corrected chi connectivity index (χ3v) is 5.01. The summed E-state index contributed by atoms with van der Waals surface area (Å²) in [6.45, 7) is 1.29. The summed E-state index contributed by atoms with van der Waals surface area (Å²) in [5.74, 6) is -1.69. The number of carbonyl (C=O) groups excluding carboxylic acids is 1. The first kappa shape index (κ1) is 22.0. The van der Waals surface area contributed by atoms with Gasteiger partial charge >= 0.3 is 6.18 Å². The molecule has 0 saturated carbocycles. The van der Waals surface area contributed by atoms with Crippen LogP contribution in [0.3, 0.4) is 0 Å². The summed E-state index contributed by atoms with van der Waals surface area (Å²) >= 11 is 12.1. The summed E-state index contributed by atoms with van der Waals surface area (Å²) < 4.78 is 55.6. The maximum absolute atomic E-state index is 13.9. The van der Waals surface area contributed by atoms with Gasteiger partial charge in [0.15, 0.2) is 11.3 Å². The van der Waals surface area contributed by atoms with Crippen LogP contribution in [-0.4, -0.2) is 35.3 Å². The van der Waals surface area contributed by atoms with Gasteiger partial charge in [-0.1, -0.05) is 29.3 Å². The predicted molar refractivity (Wildman–Crippen MR) is 106 cm³/mol. The highest BCUT2D eigenvalue weighted by atomic mass is 35.5. The fourth-order valence-corrected chi connectivity index (χ4v) is 3.36. The highest BCUT2D eigenvalue weighted by molar-refractivity contribution is 6.37. The number of benzene rings is 1. The van der Waals surface area contributed by atoms with E-state index in [1.54, 1.807) is 0 Å². The standard InChI is InChI=1S/C18H11Cl2F4N7O/c1-8-5-12(18(22,23)24)31-15(26-8)13(20)14(28-31)16(32)27-17-25-7-30(29-17)6-9-10(19)3-2-4-11(9)21/h2-5,7H,6H2,1H3,(H,27,29,32). The Labute approximate surface area is 186 Å². The van der Waals surface area contributed by atoms with E-state index < -0.39 is 29.3 Å². The molecule has 3 heterocycles. The van der Waals surface area contributed by atoms with Crippen molar-refractivity contribution in [2.24, 2.45) is 0 Å². The number of anilines is 1. The highest BCUT2D eigenvalue weighted by Gasteiger charge is 2.36. The largest absolute Gasteiger partial charge is 0.433 e. The fraction of sp³-hybridized carbons (Fsp3) is 0.167. The fourth-order valence-electron chi connectivity index (χ4n) is 2.89. The molecule has 1 aromatic carbocycles. The average molecular weight is 488 g/mol. The van der Waals surface area contributed by atoms with E-state index in [0.717, 1.165) is 6.07 Å². The second-order valence-corrected chi connectivity index (χ2v) is 7.38. The smallest absolute Gasteiger partial charge is 0.288 e. The first-order valence-corrected chi connectivity index (χ1v) is 9.57. The number of amides is 1. The van der Waals surface area contributed by atoms with Crippen molar-refractivity contribution in [3.63, 3.8) is 0 Å². The minimum atomic E-state index is -4.75. The van der Waals surface area contributed by atoms with Gasteiger partial charge in [-0.3, -0.25) is 10.1 Å². The number of fused-ring (bicyclic) bond motifs is 1. The number of carbonyl (C=O) groups is 1. The van der Waals surface area contributed by atoms with Gasteiger partial charge in [0.1, 0.15) is 22.9 Å². The number of hydrogen-bond donors (Lipinski definition) is 1. The van der Waals surface area contributed by atoms with Crippen LogP contribution in [0, 0.1) is 12.7 Å². The van der Waals surface area contributed by atoms with Crippen molar-refractivity contribution in [3.8, 4) is 0 Å². The molecule has 0 radical (unpaired) electrons. The Morgan fingerprint density at radius 1 is 1.22 bits per heavy atom. The molecule has 0 aliphatic heterocycles. The maximum atomic E-state index is 13.9. The van der Waals surface area contributed by atoms with Crippen LogP contribution in [0.5, 0.6) is 0 Å². The zero-order valence-corrected chi connectivity index (χ0v) is 17.5. The second kappa shape index (κ2) is 8.02. The summed E-state index contributed by atoms with van der Waals surface area (Å²) in [5, 5.41) is 9.77. The molecule has 32 heavy (non-hydrogen) atoms. The molecule has 1 N–H and O–H groups in total. The van der Waals surface area contributed by atoms with E-state index >= 15 is 0 Å². The van der Waals surface area contributed by atoms with Crippen LogP contribution in [-0.2, 0) is 12.7 Å². The Kier molecular flexibility index (Phi) is 5.51. The number of hydrogen-bond acceptors (Lipinski definition) is 5. The van der Waals surface area contributed by atoms with E-state index in [9.17, 15) is 22.4 Å². The first-order valence-electron chi connectivity index (χ1n) is 8.81. The lowest BCUT2D eigenvalue weighted by Crippen LogP contribution is -2.16. The molecule has 3 aromatic heterocycles. The number of rotatable bonds is 4. The Bertz CT molecular complexity index is 1330. The highest BCUT2D eigenvalue weighted by Crippen LogP contribution is 2.32. The first-order chi connectivity index (χ1) is 15.0. The lowest BCUT2D eigenvalue weighted by atomic mass is 10.2. The van der Waals surface area contributed by atoms with Crippen molar-refractivity contribution < 1.29 is 22.4 Å². The molecule has 14 heteroatoms. The molecule has 0 bridgehead atoms. The third kappa shape index (κ3) is 4.10. The summed E-state index contributed by atoms with van der Waals surface area (Å²) in [7, 11) is 0. The maximum Gasteiger partial charge on any atom is 0.433 e. The monoisotopic (exact) mass is 487 g/mol. The second-order valence-electron chi connectivity index (χ2n) is 6.60. The summed E-state index contributed by atoms with van der Waals surface area (Å²) in [6.07, 6.45) is -3.53. The number of nitrogens with one attached hydrogen (secondary N) is 1. The van der Waals surface area contributed by atoms with Crippen LogP contribution in [0.4, 0.5) is 23.5 Å². The van der Waals surface area contributed by atoms with Crippen molar-refractivity contribution in [1.82, 2.24) is 29.4 Å². The van der Waals surface area contributed by atoms with Crippen LogP contribution in [0.2, 0.25) is 10.0 Å². The molecule has 0 unspecified atom stereocenters. The Balaban J connectivity index is 1.61. The number of aromatic nitrogens is 6. The SMILES string of the molecule is Cc1cc(C(F)(F)F)n2nc(C(=O)Nc3ncn(Cc4c(F)cccc4Cl)n3)c(Cl)c2n1. The average Bonchev–Trinajstić information content (AvgIpc) is 3.28. The van der Waals surface area contributed by atoms with Gasteiger partial charge in [-0.05, 0) is 25.1 Å². The molecule has 4 aromatic rings. The van der Waals surface area contributed by atoms with Crippen LogP contribution >= 0.6 is 23.2 Å². The lowest BCUT2D eigenvalue weighted by Gasteiger charge is -2.09. The van der Waals surface area contributed by atoms with E-state index in [4.69, 9.17) is 23.2 Å². The van der Waals surface area contributed by atoms with Crippen molar-refractivity contribution in [1.29, 1.82) is 0 Å². The van der Waals surface area contributed by atoms with Crippen LogP contribution in [0.15, 0.2) is 30.6 Å². The molecule has 0 atom stereocenters. The van der Waals surface area contributed by atoms with E-state index in [2.05, 4.69) is 25.5 Å². The Morgan fingerprint density at radius 2 is 1.97 bits per heavy atom. The molecule has 0 spiro atoms. The van der Waals surface area contributed by atoms with Crippen LogP contribution in [0.1, 0.15) is 27.4 Å². The number of nitrogens with zero attached hydrogens (tertiary/aromatic N) is 6. The Morgan fingerprint density at radius 3 is 2.66 bits per heavy atom. The summed E-state index contributed by atoms with van der Waals surface area (Å²) in [4.78, 5) is 20.4. The van der Waals surface area contributed by atoms with E-state index in [-0.39, 0.29) is 39.4 Å². The molecule has 4 rings (SSSR count). The molecular formula is C18H11Cl2F4N7O. The van der Waals surface area contributed by atoms with Gasteiger partial charge in [0, 0.05) is 16.3 Å². The minimum absolute atomic E-state index is 0.0470. The molecule has 1 amide bonds. The lowest BCUT2D eigenvalue weighted by molar-refractivity contribution is -0.142. The summed E-state index contributed by atoms with van der Waals surface area (Å²) in [6, 6.07) is 4.98. The topological polar surface area (TPSA) is 90.0 Å². The molecule has 0 saturated heterocycles. The van der Waals surface area contributed by atoms with E-state index in [1.165, 1.54) is 36.1 Å². The molecular weight excluding hydrogens is 477 g/mol. The zero-order valence-electron chi connectivity index (χ0n) is 16.0. The van der Waals surface area contributed by atoms with Crippen molar-refractivity contribution in [2.45, 2.75) is 19.6 Å². The molecule has 166 valence electrons. The van der Waals surface area contributed by atoms with Gasteiger partial charge in [-0.15, -0.1) is 5.10 Å². The van der Waals surface area contributed by atoms with Gasteiger partial charge in [0.2, 0.25) is 5.95 Å². The van der Waals surface area contributed by atoms with E-state index in [0.29, 0.717) is 4.52 Å². The molecule has 0 aliphatic rings. The quantitative estimate of drug-likeness (QED) is 0.431. The van der Waals surface area contributed by atoms with Gasteiger partial charge < -0.3 is 0 Å². The van der Waals surface area contributed by atoms with Crippen molar-refractivity contribution >= 4 is 40.7 Å². The van der Waals surface area contributed by atoms with Crippen LogP contribution < -0.4 is 5.32 Å². The minimum Gasteiger partial charge on any atom is -0.288 e. The molecule has 0 fully saturated rings. The Hall–Kier alpha value is -3.25. The number of aryl methyl sites for hydroxylation is 1. The van der Waals surface area contributed by atoms with Gasteiger partial charge in [0.25, 0.3) is 5.91 Å². The predicted octanol–water partition coefficient (Wildman–Crippen LogP) is 4.39. The van der Waals surface area contributed by atoms with Gasteiger partial charge in [-0.2, -0.15) is 18.3 Å². The normalized spacial score (nSPS) is 11.8. The molecule has 0 aliphatic carbocycles. The number of halogens is 6. The third-order valence-electron chi connectivity index (χ3n) is 4.31. The number of alkyl halides is 3. The molecule has 8 nitrogen and oxygen atoms in total. The van der Waals surface area contributed by atoms with Gasteiger partial charge in [-0.25, -0.2) is 23.6 Å². The van der Waals surface area contributed by atoms with Crippen LogP contribution in [0.25, 0.3) is 5.65 Å². The van der Waals surface area contributed by atoms with Crippen molar-refractivity contribution in [3.05, 3.63) is 69.1 Å². The zero-order chi connectivity index (χ0) is 23.2. The summed E-state index contributed by atoms with van der Waals surface area (Å²) in [5.41, 5.74) is -1.74. The van der Waals surface area contributed by atoms with Crippen molar-refractivity contribution in [2.75, 3.05) is 5.32 Å².